The lowest BCUT2D eigenvalue weighted by Gasteiger charge is -2.23. The van der Waals surface area contributed by atoms with Gasteiger partial charge in [0.1, 0.15) is 62.1 Å². The van der Waals surface area contributed by atoms with E-state index in [0.717, 1.165) is 36.9 Å². The molecule has 4 aromatic heterocycles. The summed E-state index contributed by atoms with van der Waals surface area (Å²) in [5, 5.41) is 27.9. The molecule has 0 saturated carbocycles. The normalized spacial score (nSPS) is 11.9. The second-order valence-electron chi connectivity index (χ2n) is 21.0. The maximum absolute atomic E-state index is 12.3. The molecule has 7 aromatic carbocycles. The van der Waals surface area contributed by atoms with Gasteiger partial charge in [-0.25, -0.2) is 18.4 Å². The van der Waals surface area contributed by atoms with Gasteiger partial charge in [-0.1, -0.05) is 114 Å². The minimum absolute atomic E-state index is 0.0286. The average Bonchev–Trinajstić information content (AvgIpc) is 1.54. The molecule has 438 valence electrons. The fourth-order valence-electron chi connectivity index (χ4n) is 11.3. The first-order valence-corrected chi connectivity index (χ1v) is 31.6. The van der Waals surface area contributed by atoms with Gasteiger partial charge in [0.2, 0.25) is 16.8 Å². The number of hydrogen-bond donors (Lipinski definition) is 2. The van der Waals surface area contributed by atoms with Crippen molar-refractivity contribution >= 4 is 118 Å². The number of ketones is 1. The van der Waals surface area contributed by atoms with Gasteiger partial charge < -0.3 is 32.7 Å². The van der Waals surface area contributed by atoms with Crippen LogP contribution in [-0.2, 0) is 20.5 Å². The summed E-state index contributed by atoms with van der Waals surface area (Å²) in [5.41, 5.74) is 7.59. The highest BCUT2D eigenvalue weighted by atomic mass is 32.2. The number of rotatable bonds is 24. The molecule has 4 heterocycles. The number of carbonyl (C=O) groups excluding carboxylic acids is 2. The number of nitriles is 2. The standard InChI is InChI=1S/C68H59B2N7O8S3/c1-44(78)18-14-16-38-84-51-32-28-46(29-33-51)64-62-61(66(55(43-72)68-74-57-41-53(83-4)35-37-59(57)87-68)77(64)70(48-21-10-6-11-22-48)49-23-12-7-13-24-49)63(45-26-30-50(31-27-45)85-39-17-15-25-60(79)75-88(80)81)76(69(2)47-19-8-5-9-20-47)65(62)54(42-71)67-73-56-40-52(82-3)34-36-58(56)86-67/h5-13,19-24,26-37,40-41,88H,14-18,25,38-39H2,1-4H3,(H,75,79,80,81)/b65-54-,66-55-. The number of thiol groups is 1. The van der Waals surface area contributed by atoms with Gasteiger partial charge in [0.15, 0.2) is 0 Å². The number of ether oxygens (including phenoxy) is 4. The molecule has 0 unspecified atom stereocenters. The maximum Gasteiger partial charge on any atom is 0.328 e. The number of unbranched alkanes of at least 4 members (excludes halogenated alkanes) is 2. The zero-order valence-electron chi connectivity index (χ0n) is 48.8. The number of amides is 1. The molecular weight excluding hydrogens is 1160 g/mol. The van der Waals surface area contributed by atoms with Crippen LogP contribution < -0.4 is 50.8 Å². The number of carbonyl (C=O) groups is 2. The number of nitrogens with zero attached hydrogens (tertiary/aromatic N) is 6. The summed E-state index contributed by atoms with van der Waals surface area (Å²) in [6.07, 6.45) is 2.81. The van der Waals surface area contributed by atoms with E-state index in [1.54, 1.807) is 21.1 Å². The van der Waals surface area contributed by atoms with Gasteiger partial charge in [0.25, 0.3) is 6.85 Å². The van der Waals surface area contributed by atoms with Crippen LogP contribution in [0.25, 0.3) is 64.9 Å². The minimum Gasteiger partial charge on any atom is -0.497 e. The van der Waals surface area contributed by atoms with E-state index < -0.39 is 30.5 Å². The van der Waals surface area contributed by atoms with Gasteiger partial charge >= 0.3 is 6.85 Å². The van der Waals surface area contributed by atoms with Crippen LogP contribution in [-0.4, -0.2) is 80.2 Å². The van der Waals surface area contributed by atoms with Crippen molar-refractivity contribution in [3.63, 3.8) is 0 Å². The van der Waals surface area contributed by atoms with Gasteiger partial charge in [-0.2, -0.15) is 10.5 Å². The van der Waals surface area contributed by atoms with Crippen molar-refractivity contribution in [3.05, 3.63) is 197 Å². The van der Waals surface area contributed by atoms with Crippen LogP contribution in [0.1, 0.15) is 55.5 Å². The summed E-state index contributed by atoms with van der Waals surface area (Å²) in [4.78, 5) is 34.5. The third kappa shape index (κ3) is 12.7. The van der Waals surface area contributed by atoms with Crippen LogP contribution in [0, 0.1) is 22.7 Å². The summed E-state index contributed by atoms with van der Waals surface area (Å²) < 4.78 is 54.4. The Balaban J connectivity index is 1.32. The Morgan fingerprint density at radius 1 is 0.557 bits per heavy atom. The molecule has 0 aliphatic heterocycles. The van der Waals surface area contributed by atoms with Crippen molar-refractivity contribution in [1.82, 2.24) is 23.6 Å². The van der Waals surface area contributed by atoms with Gasteiger partial charge in [0, 0.05) is 47.1 Å². The Morgan fingerprint density at radius 2 is 0.977 bits per heavy atom. The van der Waals surface area contributed by atoms with Crippen LogP contribution in [0.15, 0.2) is 176 Å². The number of Topliss-reactive ketones (excluding diaryl/α,β-unsaturated/α-hetero) is 1. The third-order valence-electron chi connectivity index (χ3n) is 15.4. The van der Waals surface area contributed by atoms with E-state index in [2.05, 4.69) is 64.3 Å². The number of methoxy groups -OCH3 is 2. The maximum atomic E-state index is 12.3. The molecule has 20 heteroatoms. The molecule has 0 spiro atoms. The van der Waals surface area contributed by atoms with Crippen molar-refractivity contribution in [1.29, 1.82) is 10.5 Å². The first-order valence-electron chi connectivity index (χ1n) is 28.8. The van der Waals surface area contributed by atoms with E-state index in [1.807, 2.05) is 144 Å². The molecular formula is C68H59B2N7O8S3. The second-order valence-corrected chi connectivity index (χ2v) is 23.8. The summed E-state index contributed by atoms with van der Waals surface area (Å²) in [6.45, 7) is 3.30. The number of thiazole rings is 2. The molecule has 0 saturated heterocycles. The number of nitrogens with one attached hydrogen (secondary N) is 1. The zero-order chi connectivity index (χ0) is 61.3. The molecule has 0 fully saturated rings. The van der Waals surface area contributed by atoms with E-state index in [-0.39, 0.29) is 24.4 Å². The van der Waals surface area contributed by atoms with E-state index in [0.29, 0.717) is 121 Å². The van der Waals surface area contributed by atoms with Crippen molar-refractivity contribution in [2.75, 3.05) is 27.4 Å². The van der Waals surface area contributed by atoms with E-state index in [1.165, 1.54) is 22.7 Å². The number of aromatic nitrogens is 4. The lowest BCUT2D eigenvalue weighted by Crippen LogP contribution is -2.53. The highest BCUT2D eigenvalue weighted by Gasteiger charge is 2.36. The second kappa shape index (κ2) is 27.3. The Kier molecular flexibility index (Phi) is 18.6. The van der Waals surface area contributed by atoms with Crippen molar-refractivity contribution in [2.24, 2.45) is 0 Å². The van der Waals surface area contributed by atoms with Crippen molar-refractivity contribution < 1.29 is 37.0 Å². The van der Waals surface area contributed by atoms with Crippen LogP contribution >= 0.6 is 22.7 Å². The van der Waals surface area contributed by atoms with Crippen LogP contribution in [0.5, 0.6) is 23.0 Å². The minimum atomic E-state index is -3.04. The van der Waals surface area contributed by atoms with Crippen molar-refractivity contribution in [2.45, 2.75) is 52.3 Å². The fraction of sp³-hybridized carbons (Fsp3) is 0.176. The summed E-state index contributed by atoms with van der Waals surface area (Å²) in [7, 11) is 0.182. The Morgan fingerprint density at radius 3 is 1.41 bits per heavy atom. The first kappa shape index (κ1) is 60.0. The van der Waals surface area contributed by atoms with Gasteiger partial charge in [-0.15, -0.1) is 22.7 Å². The van der Waals surface area contributed by atoms with E-state index in [4.69, 9.17) is 28.9 Å². The Hall–Kier alpha value is -9.72. The zero-order valence-corrected chi connectivity index (χ0v) is 51.3. The molecule has 0 aliphatic carbocycles. The SMILES string of the molecule is COc1ccc2sc(/C(C#N)=c3/c4c(-c5ccc(OCCCCC(C)=O)cc5)n(B(c5ccccc5)c5ccccc5)/c(=C(/C#N)c5nc6cc(OC)ccc6s5)c4c(-c4ccc(OCCCCC(=O)N[SH](=O)=O)cc4)n3B(C)c3ccccc3)nc2c1. The van der Waals surface area contributed by atoms with Gasteiger partial charge in [-0.3, -0.25) is 9.52 Å². The molecule has 0 atom stereocenters. The average molecular weight is 1220 g/mol. The smallest absolute Gasteiger partial charge is 0.328 e. The summed E-state index contributed by atoms with van der Waals surface area (Å²) in [5.74, 6) is 1.99. The van der Waals surface area contributed by atoms with Crippen LogP contribution in [0.4, 0.5) is 0 Å². The molecule has 0 aliphatic rings. The predicted molar refractivity (Wildman–Crippen MR) is 353 cm³/mol. The monoisotopic (exact) mass is 1220 g/mol. The number of hydrogen-bond acceptors (Lipinski definition) is 14. The molecule has 11 rings (SSSR count). The highest BCUT2D eigenvalue weighted by Crippen LogP contribution is 2.39. The quantitative estimate of drug-likeness (QED) is 0.0330. The Bertz CT molecular complexity index is 4620. The molecule has 1 N–H and O–H groups in total. The van der Waals surface area contributed by atoms with E-state index in [9.17, 15) is 28.5 Å². The van der Waals surface area contributed by atoms with Crippen LogP contribution in [0.3, 0.4) is 0 Å². The number of benzene rings is 7. The molecule has 88 heavy (non-hydrogen) atoms. The Labute approximate surface area is 519 Å². The number of fused-ring (bicyclic) bond motifs is 3. The summed E-state index contributed by atoms with van der Waals surface area (Å²) >= 11 is 2.81. The lowest BCUT2D eigenvalue weighted by molar-refractivity contribution is -0.119. The van der Waals surface area contributed by atoms with E-state index >= 15 is 0 Å². The highest BCUT2D eigenvalue weighted by molar-refractivity contribution is 7.71. The molecule has 1 amide bonds. The molecule has 11 aromatic rings. The summed E-state index contributed by atoms with van der Waals surface area (Å²) in [6, 6.07) is 63.2. The van der Waals surface area contributed by atoms with Gasteiger partial charge in [-0.05, 0) is 117 Å². The third-order valence-corrected chi connectivity index (χ3v) is 17.9. The molecule has 15 nitrogen and oxygen atoms in total. The van der Waals surface area contributed by atoms with Gasteiger partial charge in [0.05, 0.1) is 58.6 Å². The molecule has 0 radical (unpaired) electrons. The lowest BCUT2D eigenvalue weighted by atomic mass is 9.50. The first-order chi connectivity index (χ1) is 43.0. The predicted octanol–water partition coefficient (Wildman–Crippen LogP) is 9.82. The fourth-order valence-corrected chi connectivity index (χ4v) is 13.5. The largest absolute Gasteiger partial charge is 0.497 e. The van der Waals surface area contributed by atoms with Crippen LogP contribution in [0.2, 0.25) is 6.82 Å². The molecule has 0 bridgehead atoms. The topological polar surface area (TPSA) is 200 Å². The van der Waals surface area contributed by atoms with Crippen molar-refractivity contribution in [3.8, 4) is 57.7 Å².